The number of phenolic OH excluding ortho intramolecular Hbond substituents is 1. The van der Waals surface area contributed by atoms with Crippen LogP contribution in [-0.4, -0.2) is 17.5 Å². The number of nitrogens with two attached hydrogens (primary N) is 1. The van der Waals surface area contributed by atoms with Crippen LogP contribution in [0.3, 0.4) is 0 Å². The van der Waals surface area contributed by atoms with Crippen LogP contribution in [-0.2, 0) is 6.42 Å². The van der Waals surface area contributed by atoms with Gasteiger partial charge in [0.1, 0.15) is 5.75 Å². The topological polar surface area (TPSA) is 58.6 Å². The van der Waals surface area contributed by atoms with Crippen molar-refractivity contribution in [2.24, 2.45) is 10.7 Å². The molecule has 1 rings (SSSR count). The maximum absolute atomic E-state index is 9.07. The van der Waals surface area contributed by atoms with Gasteiger partial charge >= 0.3 is 0 Å². The Kier molecular flexibility index (Phi) is 3.98. The minimum Gasteiger partial charge on any atom is -0.508 e. The number of hydrogen-bond acceptors (Lipinski definition) is 2. The average Bonchev–Trinajstić information content (AvgIpc) is 2.18. The summed E-state index contributed by atoms with van der Waals surface area (Å²) < 4.78 is 0. The lowest BCUT2D eigenvalue weighted by Gasteiger charge is -2.01. The molecule has 0 amide bonds. The van der Waals surface area contributed by atoms with Crippen LogP contribution in [0.4, 0.5) is 0 Å². The second-order valence-electron chi connectivity index (χ2n) is 3.22. The van der Waals surface area contributed by atoms with Crippen molar-refractivity contribution in [2.45, 2.75) is 19.8 Å². The lowest BCUT2D eigenvalue weighted by atomic mass is 10.1. The smallest absolute Gasteiger partial charge is 0.115 e. The van der Waals surface area contributed by atoms with Crippen molar-refractivity contribution in [3.63, 3.8) is 0 Å². The standard InChI is InChI=1S/C11H16N2O/c1-2-7-13-11(12)8-9-3-5-10(14)6-4-9/h3-6,14H,2,7-8H2,1H3,(H2,12,13). The molecule has 0 unspecified atom stereocenters. The van der Waals surface area contributed by atoms with Crippen molar-refractivity contribution in [2.75, 3.05) is 6.54 Å². The largest absolute Gasteiger partial charge is 0.508 e. The van der Waals surface area contributed by atoms with Crippen molar-refractivity contribution >= 4 is 5.84 Å². The van der Waals surface area contributed by atoms with Gasteiger partial charge in [-0.2, -0.15) is 0 Å². The molecule has 3 N–H and O–H groups in total. The summed E-state index contributed by atoms with van der Waals surface area (Å²) in [5.41, 5.74) is 6.79. The average molecular weight is 192 g/mol. The molecule has 0 aliphatic heterocycles. The van der Waals surface area contributed by atoms with Crippen molar-refractivity contribution < 1.29 is 5.11 Å². The summed E-state index contributed by atoms with van der Waals surface area (Å²) in [6, 6.07) is 7.01. The van der Waals surface area contributed by atoms with Gasteiger partial charge in [0.15, 0.2) is 0 Å². The van der Waals surface area contributed by atoms with Gasteiger partial charge in [0.2, 0.25) is 0 Å². The van der Waals surface area contributed by atoms with E-state index in [0.717, 1.165) is 18.5 Å². The monoisotopic (exact) mass is 192 g/mol. The minimum absolute atomic E-state index is 0.276. The van der Waals surface area contributed by atoms with Gasteiger partial charge in [-0.05, 0) is 24.1 Å². The van der Waals surface area contributed by atoms with E-state index in [1.54, 1.807) is 12.1 Å². The molecule has 0 aliphatic carbocycles. The van der Waals surface area contributed by atoms with Gasteiger partial charge in [-0.1, -0.05) is 19.1 Å². The number of nitrogens with zero attached hydrogens (tertiary/aromatic N) is 1. The molecule has 0 atom stereocenters. The molecule has 0 radical (unpaired) electrons. The molecule has 3 nitrogen and oxygen atoms in total. The first-order valence-electron chi connectivity index (χ1n) is 4.79. The van der Waals surface area contributed by atoms with Crippen molar-refractivity contribution in [1.29, 1.82) is 0 Å². The van der Waals surface area contributed by atoms with Gasteiger partial charge in [0, 0.05) is 13.0 Å². The predicted octanol–water partition coefficient (Wildman–Crippen LogP) is 1.70. The lowest BCUT2D eigenvalue weighted by molar-refractivity contribution is 0.475. The Bertz CT molecular complexity index is 304. The Morgan fingerprint density at radius 1 is 1.36 bits per heavy atom. The second-order valence-corrected chi connectivity index (χ2v) is 3.22. The Labute approximate surface area is 84.3 Å². The van der Waals surface area contributed by atoms with E-state index in [2.05, 4.69) is 11.9 Å². The van der Waals surface area contributed by atoms with E-state index in [1.807, 2.05) is 12.1 Å². The molecule has 0 heterocycles. The first kappa shape index (κ1) is 10.6. The first-order valence-corrected chi connectivity index (χ1v) is 4.79. The number of aromatic hydroxyl groups is 1. The summed E-state index contributed by atoms with van der Waals surface area (Å²) in [4.78, 5) is 4.19. The van der Waals surface area contributed by atoms with Crippen LogP contribution in [0.2, 0.25) is 0 Å². The highest BCUT2D eigenvalue weighted by molar-refractivity contribution is 5.82. The van der Waals surface area contributed by atoms with Gasteiger partial charge < -0.3 is 10.8 Å². The zero-order chi connectivity index (χ0) is 10.4. The SMILES string of the molecule is CCCN=C(N)Cc1ccc(O)cc1. The van der Waals surface area contributed by atoms with Crippen LogP contribution in [0, 0.1) is 0 Å². The Morgan fingerprint density at radius 2 is 2.00 bits per heavy atom. The molecule has 0 aromatic heterocycles. The summed E-state index contributed by atoms with van der Waals surface area (Å²) in [6.07, 6.45) is 1.66. The zero-order valence-electron chi connectivity index (χ0n) is 8.40. The molecule has 0 fully saturated rings. The molecule has 1 aromatic rings. The number of benzene rings is 1. The highest BCUT2D eigenvalue weighted by atomic mass is 16.3. The molecule has 0 aliphatic rings. The molecule has 76 valence electrons. The van der Waals surface area contributed by atoms with Crippen LogP contribution in [0.25, 0.3) is 0 Å². The Morgan fingerprint density at radius 3 is 2.57 bits per heavy atom. The molecular formula is C11H16N2O. The third-order valence-corrected chi connectivity index (χ3v) is 1.86. The third-order valence-electron chi connectivity index (χ3n) is 1.86. The van der Waals surface area contributed by atoms with E-state index in [9.17, 15) is 0 Å². The first-order chi connectivity index (χ1) is 6.72. The van der Waals surface area contributed by atoms with Crippen molar-refractivity contribution in [3.8, 4) is 5.75 Å². The van der Waals surface area contributed by atoms with E-state index in [-0.39, 0.29) is 5.75 Å². The fourth-order valence-electron chi connectivity index (χ4n) is 1.13. The summed E-state index contributed by atoms with van der Waals surface area (Å²) in [5.74, 6) is 0.926. The maximum atomic E-state index is 9.07. The van der Waals surface area contributed by atoms with Crippen LogP contribution in [0.5, 0.6) is 5.75 Å². The molecule has 0 bridgehead atoms. The fraction of sp³-hybridized carbons (Fsp3) is 0.364. The highest BCUT2D eigenvalue weighted by Gasteiger charge is 1.96. The number of amidine groups is 1. The Hall–Kier alpha value is -1.51. The maximum Gasteiger partial charge on any atom is 0.115 e. The molecule has 3 heteroatoms. The number of aliphatic imine (C=N–C) groups is 1. The molecule has 1 aromatic carbocycles. The van der Waals surface area contributed by atoms with Crippen LogP contribution in [0.1, 0.15) is 18.9 Å². The van der Waals surface area contributed by atoms with Crippen molar-refractivity contribution in [3.05, 3.63) is 29.8 Å². The van der Waals surface area contributed by atoms with E-state index in [0.29, 0.717) is 12.3 Å². The third kappa shape index (κ3) is 3.47. The van der Waals surface area contributed by atoms with Gasteiger partial charge in [-0.15, -0.1) is 0 Å². The Balaban J connectivity index is 2.56. The molecule has 0 saturated heterocycles. The molecule has 14 heavy (non-hydrogen) atoms. The summed E-state index contributed by atoms with van der Waals surface area (Å²) in [7, 11) is 0. The van der Waals surface area contributed by atoms with Gasteiger partial charge in [0.25, 0.3) is 0 Å². The van der Waals surface area contributed by atoms with Crippen molar-refractivity contribution in [1.82, 2.24) is 0 Å². The predicted molar refractivity (Wildman–Crippen MR) is 58.6 cm³/mol. The van der Waals surface area contributed by atoms with Crippen LogP contribution in [0.15, 0.2) is 29.3 Å². The summed E-state index contributed by atoms with van der Waals surface area (Å²) >= 11 is 0. The van der Waals surface area contributed by atoms with E-state index >= 15 is 0 Å². The number of hydrogen-bond donors (Lipinski definition) is 2. The molecular weight excluding hydrogens is 176 g/mol. The minimum atomic E-state index is 0.276. The van der Waals surface area contributed by atoms with Gasteiger partial charge in [-0.3, -0.25) is 4.99 Å². The summed E-state index contributed by atoms with van der Waals surface area (Å²) in [5, 5.41) is 9.07. The summed E-state index contributed by atoms with van der Waals surface area (Å²) in [6.45, 7) is 2.85. The van der Waals surface area contributed by atoms with E-state index in [4.69, 9.17) is 10.8 Å². The van der Waals surface area contributed by atoms with Gasteiger partial charge in [-0.25, -0.2) is 0 Å². The highest BCUT2D eigenvalue weighted by Crippen LogP contribution is 2.09. The quantitative estimate of drug-likeness (QED) is 0.563. The second kappa shape index (κ2) is 5.27. The molecule has 0 spiro atoms. The van der Waals surface area contributed by atoms with Crippen LogP contribution < -0.4 is 5.73 Å². The lowest BCUT2D eigenvalue weighted by Crippen LogP contribution is -2.15. The van der Waals surface area contributed by atoms with Crippen LogP contribution >= 0.6 is 0 Å². The normalized spacial score (nSPS) is 11.6. The number of phenols is 1. The van der Waals surface area contributed by atoms with E-state index in [1.165, 1.54) is 0 Å². The molecule has 0 saturated carbocycles. The zero-order valence-corrected chi connectivity index (χ0v) is 8.40. The number of rotatable bonds is 4. The van der Waals surface area contributed by atoms with Gasteiger partial charge in [0.05, 0.1) is 5.84 Å². The van der Waals surface area contributed by atoms with E-state index < -0.39 is 0 Å². The fourth-order valence-corrected chi connectivity index (χ4v) is 1.13.